The van der Waals surface area contributed by atoms with Crippen LogP contribution in [0.1, 0.15) is 11.1 Å². The Labute approximate surface area is 133 Å². The van der Waals surface area contributed by atoms with Crippen LogP contribution < -0.4 is 14.8 Å². The van der Waals surface area contributed by atoms with Gasteiger partial charge in [0.25, 0.3) is 5.91 Å². The van der Waals surface area contributed by atoms with Crippen LogP contribution >= 0.6 is 0 Å². The number of hydrogen-bond donors (Lipinski definition) is 1. The minimum atomic E-state index is -0.254. The second-order valence-electron chi connectivity index (χ2n) is 4.81. The number of ether oxygens (including phenoxy) is 2. The van der Waals surface area contributed by atoms with E-state index in [0.29, 0.717) is 17.2 Å². The van der Waals surface area contributed by atoms with E-state index in [1.807, 2.05) is 30.3 Å². The number of para-hydroxylation sites is 1. The predicted octanol–water partition coefficient (Wildman–Crippen LogP) is 2.48. The van der Waals surface area contributed by atoms with Crippen molar-refractivity contribution in [2.75, 3.05) is 19.5 Å². The Hall–Kier alpha value is -3.15. The first kappa shape index (κ1) is 14.8. The highest BCUT2D eigenvalue weighted by Crippen LogP contribution is 2.27. The van der Waals surface area contributed by atoms with Crippen molar-refractivity contribution < 1.29 is 14.3 Å². The number of amides is 1. The number of carbonyl (C=O) groups excluding carboxylic acids is 1. The quantitative estimate of drug-likeness (QED) is 0.696. The number of fused-ring (bicyclic) bond motifs is 1. The standard InChI is InChI=1S/C17H15N3O3/c1-22-14-8-7-11(9-15(14)23-2)10-18-20-16-12-5-3-4-6-13(12)19-17(16)21/h3-10H,1-2H3,(H,19,20,21)/b18-10-. The van der Waals surface area contributed by atoms with E-state index >= 15 is 0 Å². The summed E-state index contributed by atoms with van der Waals surface area (Å²) in [6.45, 7) is 0. The van der Waals surface area contributed by atoms with E-state index < -0.39 is 0 Å². The van der Waals surface area contributed by atoms with E-state index in [1.165, 1.54) is 0 Å². The second-order valence-corrected chi connectivity index (χ2v) is 4.81. The largest absolute Gasteiger partial charge is 0.493 e. The van der Waals surface area contributed by atoms with Crippen LogP contribution in [0.2, 0.25) is 0 Å². The van der Waals surface area contributed by atoms with E-state index in [2.05, 4.69) is 15.5 Å². The third kappa shape index (κ3) is 2.91. The van der Waals surface area contributed by atoms with E-state index in [9.17, 15) is 4.79 Å². The zero-order valence-corrected chi connectivity index (χ0v) is 12.7. The van der Waals surface area contributed by atoms with Crippen LogP contribution in [0.15, 0.2) is 52.7 Å². The highest BCUT2D eigenvalue weighted by molar-refractivity contribution is 6.53. The number of rotatable bonds is 4. The first-order valence-electron chi connectivity index (χ1n) is 6.96. The molecular formula is C17H15N3O3. The van der Waals surface area contributed by atoms with Crippen LogP contribution in [0, 0.1) is 0 Å². The molecule has 0 saturated carbocycles. The molecule has 0 saturated heterocycles. The lowest BCUT2D eigenvalue weighted by molar-refractivity contribution is -0.110. The van der Waals surface area contributed by atoms with Gasteiger partial charge in [0.2, 0.25) is 0 Å². The van der Waals surface area contributed by atoms with Gasteiger partial charge in [0.15, 0.2) is 17.2 Å². The highest BCUT2D eigenvalue weighted by atomic mass is 16.5. The van der Waals surface area contributed by atoms with Gasteiger partial charge in [0.05, 0.1) is 26.1 Å². The van der Waals surface area contributed by atoms with Crippen LogP contribution in [-0.4, -0.2) is 32.1 Å². The van der Waals surface area contributed by atoms with Gasteiger partial charge >= 0.3 is 0 Å². The number of hydrogen-bond acceptors (Lipinski definition) is 5. The van der Waals surface area contributed by atoms with E-state index in [0.717, 1.165) is 16.8 Å². The molecule has 116 valence electrons. The fourth-order valence-electron chi connectivity index (χ4n) is 2.29. The summed E-state index contributed by atoms with van der Waals surface area (Å²) in [4.78, 5) is 11.9. The van der Waals surface area contributed by atoms with E-state index in [4.69, 9.17) is 9.47 Å². The molecule has 0 bridgehead atoms. The van der Waals surface area contributed by atoms with Gasteiger partial charge in [-0.2, -0.15) is 5.10 Å². The molecular weight excluding hydrogens is 294 g/mol. The number of anilines is 1. The average molecular weight is 309 g/mol. The molecule has 6 heteroatoms. The zero-order chi connectivity index (χ0) is 16.2. The predicted molar refractivity (Wildman–Crippen MR) is 88.7 cm³/mol. The van der Waals surface area contributed by atoms with Crippen LogP contribution in [0.25, 0.3) is 0 Å². The SMILES string of the molecule is COc1ccc(/C=N\N=C2/C(=O)Nc3ccccc32)cc1OC. The zero-order valence-electron chi connectivity index (χ0n) is 12.7. The van der Waals surface area contributed by atoms with Crippen molar-refractivity contribution in [3.8, 4) is 11.5 Å². The van der Waals surface area contributed by atoms with Crippen molar-refractivity contribution in [1.82, 2.24) is 0 Å². The third-order valence-corrected chi connectivity index (χ3v) is 3.42. The Balaban J connectivity index is 1.85. The summed E-state index contributed by atoms with van der Waals surface area (Å²) in [7, 11) is 3.15. The number of benzene rings is 2. The summed E-state index contributed by atoms with van der Waals surface area (Å²) in [5.41, 5.74) is 2.59. The molecule has 1 N–H and O–H groups in total. The summed E-state index contributed by atoms with van der Waals surface area (Å²) in [5, 5.41) is 10.8. The monoisotopic (exact) mass is 309 g/mol. The molecule has 0 unspecified atom stereocenters. The summed E-state index contributed by atoms with van der Waals surface area (Å²) in [6.07, 6.45) is 1.56. The molecule has 0 spiro atoms. The van der Waals surface area contributed by atoms with E-state index in [1.54, 1.807) is 32.6 Å². The van der Waals surface area contributed by atoms with Gasteiger partial charge in [-0.1, -0.05) is 18.2 Å². The van der Waals surface area contributed by atoms with Crippen molar-refractivity contribution >= 4 is 23.5 Å². The van der Waals surface area contributed by atoms with Gasteiger partial charge in [-0.15, -0.1) is 5.10 Å². The Kier molecular flexibility index (Phi) is 4.05. The van der Waals surface area contributed by atoms with Crippen molar-refractivity contribution in [2.45, 2.75) is 0 Å². The summed E-state index contributed by atoms with van der Waals surface area (Å²) < 4.78 is 10.4. The van der Waals surface area contributed by atoms with Crippen LogP contribution in [0.4, 0.5) is 5.69 Å². The molecule has 2 aromatic carbocycles. The maximum Gasteiger partial charge on any atom is 0.276 e. The fourth-order valence-corrected chi connectivity index (χ4v) is 2.29. The topological polar surface area (TPSA) is 72.3 Å². The molecule has 6 nitrogen and oxygen atoms in total. The van der Waals surface area contributed by atoms with Gasteiger partial charge < -0.3 is 14.8 Å². The smallest absolute Gasteiger partial charge is 0.276 e. The fraction of sp³-hybridized carbons (Fsp3) is 0.118. The van der Waals surface area contributed by atoms with E-state index in [-0.39, 0.29) is 5.91 Å². The van der Waals surface area contributed by atoms with Crippen molar-refractivity contribution in [3.63, 3.8) is 0 Å². The molecule has 1 aliphatic heterocycles. The molecule has 1 aliphatic rings. The van der Waals surface area contributed by atoms with Gasteiger partial charge in [0.1, 0.15) is 0 Å². The molecule has 0 aliphatic carbocycles. The Bertz CT molecular complexity index is 812. The number of nitrogens with one attached hydrogen (secondary N) is 1. The summed E-state index contributed by atoms with van der Waals surface area (Å²) in [5.74, 6) is 0.990. The van der Waals surface area contributed by atoms with Gasteiger partial charge in [-0.25, -0.2) is 0 Å². The Morgan fingerprint density at radius 2 is 1.83 bits per heavy atom. The van der Waals surface area contributed by atoms with Crippen molar-refractivity contribution in [1.29, 1.82) is 0 Å². The lowest BCUT2D eigenvalue weighted by atomic mass is 10.1. The maximum absolute atomic E-state index is 11.9. The lowest BCUT2D eigenvalue weighted by Crippen LogP contribution is -2.13. The Morgan fingerprint density at radius 3 is 2.61 bits per heavy atom. The molecule has 1 heterocycles. The molecule has 23 heavy (non-hydrogen) atoms. The van der Waals surface area contributed by atoms with Gasteiger partial charge in [-0.05, 0) is 29.8 Å². The number of carbonyl (C=O) groups is 1. The van der Waals surface area contributed by atoms with Crippen molar-refractivity contribution in [2.24, 2.45) is 10.2 Å². The maximum atomic E-state index is 11.9. The molecule has 0 fully saturated rings. The van der Waals surface area contributed by atoms with Gasteiger partial charge in [-0.3, -0.25) is 4.79 Å². The molecule has 2 aromatic rings. The highest BCUT2D eigenvalue weighted by Gasteiger charge is 2.25. The Morgan fingerprint density at radius 1 is 1.04 bits per heavy atom. The minimum Gasteiger partial charge on any atom is -0.493 e. The summed E-state index contributed by atoms with van der Waals surface area (Å²) >= 11 is 0. The van der Waals surface area contributed by atoms with Gasteiger partial charge in [0, 0.05) is 5.56 Å². The van der Waals surface area contributed by atoms with Crippen LogP contribution in [0.5, 0.6) is 11.5 Å². The number of nitrogens with zero attached hydrogens (tertiary/aromatic N) is 2. The van der Waals surface area contributed by atoms with Crippen LogP contribution in [0.3, 0.4) is 0 Å². The second kappa shape index (κ2) is 6.31. The summed E-state index contributed by atoms with van der Waals surface area (Å²) in [6, 6.07) is 12.8. The van der Waals surface area contributed by atoms with Crippen molar-refractivity contribution in [3.05, 3.63) is 53.6 Å². The minimum absolute atomic E-state index is 0.254. The first-order chi connectivity index (χ1) is 11.2. The molecule has 0 aromatic heterocycles. The molecule has 0 atom stereocenters. The normalized spacial score (nSPS) is 14.9. The average Bonchev–Trinajstić information content (AvgIpc) is 2.90. The molecule has 1 amide bonds. The van der Waals surface area contributed by atoms with Crippen LogP contribution in [-0.2, 0) is 4.79 Å². The third-order valence-electron chi connectivity index (χ3n) is 3.42. The first-order valence-corrected chi connectivity index (χ1v) is 6.96. The molecule has 3 rings (SSSR count). The number of methoxy groups -OCH3 is 2. The lowest BCUT2D eigenvalue weighted by Gasteiger charge is -2.07. The molecule has 0 radical (unpaired) electrons.